The summed E-state index contributed by atoms with van der Waals surface area (Å²) in [6.07, 6.45) is 3.04. The van der Waals surface area contributed by atoms with Gasteiger partial charge in [-0.1, -0.05) is 42.0 Å². The Kier molecular flexibility index (Phi) is 4.36. The predicted molar refractivity (Wildman–Crippen MR) is 116 cm³/mol. The molecule has 0 radical (unpaired) electrons. The van der Waals surface area contributed by atoms with E-state index in [1.807, 2.05) is 55.5 Å². The SMILES string of the molecule is Cc1cccc(C2/C(=C(\O)c3ccncc3)C(=O)C(=O)N2c2nc3ccccc3[nH]2)c1. The molecule has 0 spiro atoms. The molecule has 0 bridgehead atoms. The number of nitrogens with zero attached hydrogens (tertiary/aromatic N) is 3. The molecule has 0 saturated carbocycles. The Morgan fingerprint density at radius 2 is 1.81 bits per heavy atom. The summed E-state index contributed by atoms with van der Waals surface area (Å²) in [6.45, 7) is 1.93. The number of imidazole rings is 1. The number of carbonyl (C=O) groups is 2. The third kappa shape index (κ3) is 3.07. The number of pyridine rings is 1. The van der Waals surface area contributed by atoms with Crippen LogP contribution in [0.25, 0.3) is 16.8 Å². The van der Waals surface area contributed by atoms with E-state index < -0.39 is 17.7 Å². The second-order valence-corrected chi connectivity index (χ2v) is 7.40. The first kappa shape index (κ1) is 18.7. The maximum Gasteiger partial charge on any atom is 0.302 e. The van der Waals surface area contributed by atoms with Gasteiger partial charge in [0.25, 0.3) is 5.78 Å². The van der Waals surface area contributed by atoms with Gasteiger partial charge in [-0.25, -0.2) is 4.98 Å². The molecule has 152 valence electrons. The number of rotatable bonds is 3. The minimum absolute atomic E-state index is 0.0160. The molecule has 7 nitrogen and oxygen atoms in total. The normalized spacial score (nSPS) is 18.1. The monoisotopic (exact) mass is 410 g/mol. The van der Waals surface area contributed by atoms with E-state index in [4.69, 9.17) is 0 Å². The van der Waals surface area contributed by atoms with E-state index >= 15 is 0 Å². The van der Waals surface area contributed by atoms with E-state index in [0.717, 1.165) is 11.1 Å². The van der Waals surface area contributed by atoms with Gasteiger partial charge >= 0.3 is 5.91 Å². The average molecular weight is 410 g/mol. The van der Waals surface area contributed by atoms with Gasteiger partial charge in [0.15, 0.2) is 0 Å². The number of carbonyl (C=O) groups excluding carboxylic acids is 2. The Hall–Kier alpha value is -4.26. The Bertz CT molecular complexity index is 1320. The molecular weight excluding hydrogens is 392 g/mol. The summed E-state index contributed by atoms with van der Waals surface area (Å²) in [5.74, 6) is -1.50. The van der Waals surface area contributed by atoms with E-state index in [0.29, 0.717) is 16.6 Å². The number of aliphatic hydroxyl groups excluding tert-OH is 1. The lowest BCUT2D eigenvalue weighted by molar-refractivity contribution is -0.132. The highest BCUT2D eigenvalue weighted by atomic mass is 16.3. The molecule has 2 aromatic carbocycles. The van der Waals surface area contributed by atoms with Crippen LogP contribution >= 0.6 is 0 Å². The first-order chi connectivity index (χ1) is 15.0. The van der Waals surface area contributed by atoms with Crippen molar-refractivity contribution in [2.24, 2.45) is 0 Å². The maximum absolute atomic E-state index is 13.2. The highest BCUT2D eigenvalue weighted by molar-refractivity contribution is 6.51. The lowest BCUT2D eigenvalue weighted by Crippen LogP contribution is -2.30. The van der Waals surface area contributed by atoms with Gasteiger partial charge in [0.05, 0.1) is 22.6 Å². The molecule has 4 aromatic rings. The number of ketones is 1. The van der Waals surface area contributed by atoms with E-state index in [2.05, 4.69) is 15.0 Å². The standard InChI is InChI=1S/C24H18N4O3/c1-14-5-4-6-16(13-14)20-19(21(29)15-9-11-25-12-10-15)22(30)23(31)28(20)24-26-17-7-2-3-8-18(17)27-24/h2-13,20,29H,1H3,(H,26,27)/b21-19+. The number of H-pyrrole nitrogens is 1. The molecule has 0 aliphatic carbocycles. The number of fused-ring (bicyclic) bond motifs is 1. The topological polar surface area (TPSA) is 99.2 Å². The zero-order chi connectivity index (χ0) is 21.5. The van der Waals surface area contributed by atoms with Crippen LogP contribution in [-0.4, -0.2) is 31.7 Å². The van der Waals surface area contributed by atoms with Crippen LogP contribution in [0.2, 0.25) is 0 Å². The number of aryl methyl sites for hydroxylation is 1. The van der Waals surface area contributed by atoms with Gasteiger partial charge in [0.1, 0.15) is 5.76 Å². The number of amides is 1. The van der Waals surface area contributed by atoms with Crippen LogP contribution in [0.5, 0.6) is 0 Å². The van der Waals surface area contributed by atoms with Crippen LogP contribution < -0.4 is 4.90 Å². The summed E-state index contributed by atoms with van der Waals surface area (Å²) in [5, 5.41) is 11.0. The van der Waals surface area contributed by atoms with Crippen molar-refractivity contribution >= 4 is 34.4 Å². The van der Waals surface area contributed by atoms with Crippen LogP contribution in [0.15, 0.2) is 78.6 Å². The average Bonchev–Trinajstić information content (AvgIpc) is 3.32. The summed E-state index contributed by atoms with van der Waals surface area (Å²) in [7, 11) is 0. The zero-order valence-electron chi connectivity index (χ0n) is 16.6. The second kappa shape index (κ2) is 7.21. The molecule has 1 saturated heterocycles. The van der Waals surface area contributed by atoms with Crippen molar-refractivity contribution in [3.63, 3.8) is 0 Å². The minimum Gasteiger partial charge on any atom is -0.507 e. The van der Waals surface area contributed by atoms with Gasteiger partial charge in [-0.15, -0.1) is 0 Å². The third-order valence-corrected chi connectivity index (χ3v) is 5.36. The number of anilines is 1. The van der Waals surface area contributed by atoms with Crippen molar-refractivity contribution in [2.45, 2.75) is 13.0 Å². The number of aliphatic hydroxyl groups is 1. The molecule has 1 atom stereocenters. The lowest BCUT2D eigenvalue weighted by atomic mass is 9.95. The number of Topliss-reactive ketones (excluding diaryl/α,β-unsaturated/α-hetero) is 1. The Morgan fingerprint density at radius 1 is 1.03 bits per heavy atom. The quantitative estimate of drug-likeness (QED) is 0.303. The highest BCUT2D eigenvalue weighted by Crippen LogP contribution is 2.41. The van der Waals surface area contributed by atoms with E-state index in [1.54, 1.807) is 12.1 Å². The minimum atomic E-state index is -0.825. The van der Waals surface area contributed by atoms with Crippen LogP contribution in [-0.2, 0) is 9.59 Å². The Morgan fingerprint density at radius 3 is 2.55 bits per heavy atom. The van der Waals surface area contributed by atoms with Crippen LogP contribution in [0, 0.1) is 6.92 Å². The fourth-order valence-corrected chi connectivity index (χ4v) is 3.93. The van der Waals surface area contributed by atoms with Gasteiger partial charge < -0.3 is 10.1 Å². The number of nitrogens with one attached hydrogen (secondary N) is 1. The van der Waals surface area contributed by atoms with Crippen molar-refractivity contribution in [3.05, 3.63) is 95.3 Å². The van der Waals surface area contributed by atoms with Crippen LogP contribution in [0.1, 0.15) is 22.7 Å². The molecule has 1 aliphatic heterocycles. The molecule has 5 rings (SSSR count). The lowest BCUT2D eigenvalue weighted by Gasteiger charge is -2.23. The molecule has 1 fully saturated rings. The zero-order valence-corrected chi connectivity index (χ0v) is 16.6. The number of benzene rings is 2. The molecule has 1 unspecified atom stereocenters. The van der Waals surface area contributed by atoms with E-state index in [-0.39, 0.29) is 17.3 Å². The Labute approximate surface area is 177 Å². The molecule has 31 heavy (non-hydrogen) atoms. The second-order valence-electron chi connectivity index (χ2n) is 7.40. The Balaban J connectivity index is 1.75. The van der Waals surface area contributed by atoms with Crippen molar-refractivity contribution < 1.29 is 14.7 Å². The molecular formula is C24H18N4O3. The van der Waals surface area contributed by atoms with E-state index in [1.165, 1.54) is 17.3 Å². The van der Waals surface area contributed by atoms with Crippen molar-refractivity contribution in [3.8, 4) is 0 Å². The molecule has 2 N–H and O–H groups in total. The number of para-hydroxylation sites is 2. The first-order valence-corrected chi connectivity index (χ1v) is 9.77. The summed E-state index contributed by atoms with van der Waals surface area (Å²) in [5.41, 5.74) is 3.53. The number of hydrogen-bond donors (Lipinski definition) is 2. The fourth-order valence-electron chi connectivity index (χ4n) is 3.93. The van der Waals surface area contributed by atoms with Gasteiger partial charge in [-0.3, -0.25) is 19.5 Å². The molecule has 7 heteroatoms. The fraction of sp³-hybridized carbons (Fsp3) is 0.0833. The van der Waals surface area contributed by atoms with Crippen LogP contribution in [0.4, 0.5) is 5.95 Å². The molecule has 1 aliphatic rings. The van der Waals surface area contributed by atoms with Gasteiger partial charge in [0, 0.05) is 18.0 Å². The van der Waals surface area contributed by atoms with Crippen molar-refractivity contribution in [1.82, 2.24) is 15.0 Å². The number of aromatic amines is 1. The van der Waals surface area contributed by atoms with Gasteiger partial charge in [0.2, 0.25) is 5.95 Å². The van der Waals surface area contributed by atoms with Crippen molar-refractivity contribution in [2.75, 3.05) is 4.90 Å². The summed E-state index contributed by atoms with van der Waals surface area (Å²) < 4.78 is 0. The van der Waals surface area contributed by atoms with Crippen LogP contribution in [0.3, 0.4) is 0 Å². The smallest absolute Gasteiger partial charge is 0.302 e. The largest absolute Gasteiger partial charge is 0.507 e. The highest BCUT2D eigenvalue weighted by Gasteiger charge is 2.48. The van der Waals surface area contributed by atoms with E-state index in [9.17, 15) is 14.7 Å². The molecule has 3 heterocycles. The van der Waals surface area contributed by atoms with Crippen molar-refractivity contribution in [1.29, 1.82) is 0 Å². The predicted octanol–water partition coefficient (Wildman–Crippen LogP) is 3.89. The molecule has 2 aromatic heterocycles. The summed E-state index contributed by atoms with van der Waals surface area (Å²) >= 11 is 0. The summed E-state index contributed by atoms with van der Waals surface area (Å²) in [6, 6.07) is 17.3. The third-order valence-electron chi connectivity index (χ3n) is 5.36. The summed E-state index contributed by atoms with van der Waals surface area (Å²) in [4.78, 5) is 39.2. The number of aromatic nitrogens is 3. The maximum atomic E-state index is 13.2. The van der Waals surface area contributed by atoms with Gasteiger partial charge in [-0.2, -0.15) is 0 Å². The van der Waals surface area contributed by atoms with Gasteiger partial charge in [-0.05, 0) is 36.8 Å². The molecule has 1 amide bonds. The first-order valence-electron chi connectivity index (χ1n) is 9.77. The number of hydrogen-bond acceptors (Lipinski definition) is 5.